The predicted molar refractivity (Wildman–Crippen MR) is 110 cm³/mol. The van der Waals surface area contributed by atoms with E-state index in [0.29, 0.717) is 16.0 Å². The Labute approximate surface area is 172 Å². The van der Waals surface area contributed by atoms with E-state index in [9.17, 15) is 8.42 Å². The number of aromatic nitrogens is 2. The summed E-state index contributed by atoms with van der Waals surface area (Å²) in [5.41, 5.74) is 1.78. The Hall–Kier alpha value is -2.36. The molecule has 3 aromatic rings. The van der Waals surface area contributed by atoms with Gasteiger partial charge in [0.15, 0.2) is 11.5 Å². The fraction of sp³-hybridized carbons (Fsp3) is 0.211. The number of hydrogen-bond acceptors (Lipinski definition) is 5. The van der Waals surface area contributed by atoms with Crippen molar-refractivity contribution in [2.45, 2.75) is 17.9 Å². The van der Waals surface area contributed by atoms with Crippen molar-refractivity contribution in [2.75, 3.05) is 14.2 Å². The first kappa shape index (κ1) is 20.4. The van der Waals surface area contributed by atoms with Crippen molar-refractivity contribution in [3.63, 3.8) is 0 Å². The van der Waals surface area contributed by atoms with Gasteiger partial charge in [0, 0.05) is 34.7 Å². The Morgan fingerprint density at radius 3 is 2.32 bits per heavy atom. The fourth-order valence-corrected chi connectivity index (χ4v) is 5.02. The number of ether oxygens (including phenoxy) is 2. The summed E-state index contributed by atoms with van der Waals surface area (Å²) in [7, 11) is -0.846. The largest absolute Gasteiger partial charge is 0.493 e. The Kier molecular flexibility index (Phi) is 6.07. The number of benzene rings is 2. The van der Waals surface area contributed by atoms with Crippen LogP contribution in [0.4, 0.5) is 0 Å². The number of rotatable bonds is 7. The van der Waals surface area contributed by atoms with E-state index in [1.54, 1.807) is 25.5 Å². The molecule has 1 atom stereocenters. The van der Waals surface area contributed by atoms with Gasteiger partial charge in [-0.25, -0.2) is 18.1 Å². The minimum Gasteiger partial charge on any atom is -0.493 e. The number of sulfonamides is 1. The normalized spacial score (nSPS) is 12.6. The zero-order valence-electron chi connectivity index (χ0n) is 15.6. The van der Waals surface area contributed by atoms with Crippen LogP contribution in [0.1, 0.15) is 18.5 Å². The van der Waals surface area contributed by atoms with Gasteiger partial charge in [-0.05, 0) is 46.6 Å². The maximum Gasteiger partial charge on any atom is 0.242 e. The number of nitrogens with one attached hydrogen (secondary N) is 1. The van der Waals surface area contributed by atoms with E-state index in [2.05, 4.69) is 25.6 Å². The first-order chi connectivity index (χ1) is 13.4. The topological polar surface area (TPSA) is 82.5 Å². The SMILES string of the molecule is COc1cc(Br)c(S(=O)(=O)N[C@@H](C)c2ccc(-n3ccnc3)cc2)cc1OC. The quantitative estimate of drug-likeness (QED) is 0.575. The molecule has 0 radical (unpaired) electrons. The predicted octanol–water partition coefficient (Wildman–Crippen LogP) is 3.69. The number of methoxy groups -OCH3 is 2. The molecule has 28 heavy (non-hydrogen) atoms. The van der Waals surface area contributed by atoms with Gasteiger partial charge in [-0.15, -0.1) is 0 Å². The lowest BCUT2D eigenvalue weighted by molar-refractivity contribution is 0.353. The molecule has 148 valence electrons. The average Bonchev–Trinajstić information content (AvgIpc) is 3.22. The lowest BCUT2D eigenvalue weighted by Crippen LogP contribution is -2.27. The molecule has 1 heterocycles. The van der Waals surface area contributed by atoms with Crippen molar-refractivity contribution in [3.8, 4) is 17.2 Å². The highest BCUT2D eigenvalue weighted by atomic mass is 79.9. The second kappa shape index (κ2) is 8.34. The molecule has 0 saturated carbocycles. The first-order valence-corrected chi connectivity index (χ1v) is 10.7. The molecule has 3 rings (SSSR count). The van der Waals surface area contributed by atoms with Crippen LogP contribution in [0.25, 0.3) is 5.69 Å². The van der Waals surface area contributed by atoms with E-state index in [1.807, 2.05) is 35.0 Å². The number of halogens is 1. The highest BCUT2D eigenvalue weighted by Gasteiger charge is 2.23. The molecule has 1 N–H and O–H groups in total. The van der Waals surface area contributed by atoms with Crippen LogP contribution in [-0.4, -0.2) is 32.2 Å². The second-order valence-corrected chi connectivity index (χ2v) is 8.58. The van der Waals surface area contributed by atoms with Gasteiger partial charge in [-0.1, -0.05) is 12.1 Å². The molecular weight excluding hydrogens is 446 g/mol. The molecule has 0 unspecified atom stereocenters. The number of nitrogens with zero attached hydrogens (tertiary/aromatic N) is 2. The van der Waals surface area contributed by atoms with Crippen molar-refractivity contribution >= 4 is 26.0 Å². The van der Waals surface area contributed by atoms with Gasteiger partial charge in [-0.2, -0.15) is 0 Å². The van der Waals surface area contributed by atoms with Crippen molar-refractivity contribution in [2.24, 2.45) is 0 Å². The van der Waals surface area contributed by atoms with Crippen LogP contribution in [0, 0.1) is 0 Å². The van der Waals surface area contributed by atoms with E-state index >= 15 is 0 Å². The maximum atomic E-state index is 12.9. The molecule has 0 spiro atoms. The molecule has 1 aromatic heterocycles. The smallest absolute Gasteiger partial charge is 0.242 e. The highest BCUT2D eigenvalue weighted by molar-refractivity contribution is 9.10. The Bertz CT molecular complexity index is 1050. The molecule has 0 aliphatic heterocycles. The maximum absolute atomic E-state index is 12.9. The first-order valence-electron chi connectivity index (χ1n) is 8.38. The summed E-state index contributed by atoms with van der Waals surface area (Å²) < 4.78 is 41.2. The summed E-state index contributed by atoms with van der Waals surface area (Å²) in [6, 6.07) is 10.2. The summed E-state index contributed by atoms with van der Waals surface area (Å²) in [5, 5.41) is 0. The van der Waals surface area contributed by atoms with E-state index in [4.69, 9.17) is 9.47 Å². The van der Waals surface area contributed by atoms with Crippen LogP contribution in [0.15, 0.2) is 64.5 Å². The van der Waals surface area contributed by atoms with E-state index < -0.39 is 16.1 Å². The Balaban J connectivity index is 1.84. The summed E-state index contributed by atoms with van der Waals surface area (Å²) >= 11 is 3.30. The van der Waals surface area contributed by atoms with Crippen molar-refractivity contribution in [3.05, 3.63) is 65.2 Å². The molecule has 0 bridgehead atoms. The molecular formula is C19H20BrN3O4S. The Morgan fingerprint density at radius 1 is 1.11 bits per heavy atom. The lowest BCUT2D eigenvalue weighted by Gasteiger charge is -2.17. The molecule has 0 saturated heterocycles. The van der Waals surface area contributed by atoms with Crippen LogP contribution in [0.3, 0.4) is 0 Å². The number of hydrogen-bond donors (Lipinski definition) is 1. The van der Waals surface area contributed by atoms with E-state index in [1.165, 1.54) is 20.3 Å². The molecule has 0 fully saturated rings. The third-order valence-electron chi connectivity index (χ3n) is 4.26. The van der Waals surface area contributed by atoms with Crippen molar-refractivity contribution in [1.82, 2.24) is 14.3 Å². The summed E-state index contributed by atoms with van der Waals surface area (Å²) in [6.45, 7) is 1.79. The number of imidazole rings is 1. The van der Waals surface area contributed by atoms with E-state index in [-0.39, 0.29) is 4.90 Å². The highest BCUT2D eigenvalue weighted by Crippen LogP contribution is 2.36. The van der Waals surface area contributed by atoms with Gasteiger partial charge in [-0.3, -0.25) is 0 Å². The molecule has 7 nitrogen and oxygen atoms in total. The summed E-state index contributed by atoms with van der Waals surface area (Å²) in [5.74, 6) is 0.778. The van der Waals surface area contributed by atoms with Crippen molar-refractivity contribution < 1.29 is 17.9 Å². The van der Waals surface area contributed by atoms with Gasteiger partial charge in [0.25, 0.3) is 0 Å². The van der Waals surface area contributed by atoms with Gasteiger partial charge in [0.2, 0.25) is 10.0 Å². The van der Waals surface area contributed by atoms with Gasteiger partial charge >= 0.3 is 0 Å². The molecule has 0 aliphatic rings. The van der Waals surface area contributed by atoms with Crippen LogP contribution < -0.4 is 14.2 Å². The minimum atomic E-state index is -3.80. The molecule has 0 aliphatic carbocycles. The third kappa shape index (κ3) is 4.21. The molecule has 9 heteroatoms. The fourth-order valence-electron chi connectivity index (χ4n) is 2.75. The van der Waals surface area contributed by atoms with Gasteiger partial charge < -0.3 is 14.0 Å². The molecule has 0 amide bonds. The van der Waals surface area contributed by atoms with Crippen LogP contribution in [0.5, 0.6) is 11.5 Å². The lowest BCUT2D eigenvalue weighted by atomic mass is 10.1. The average molecular weight is 466 g/mol. The van der Waals surface area contributed by atoms with Gasteiger partial charge in [0.05, 0.1) is 20.5 Å². The minimum absolute atomic E-state index is 0.0760. The Morgan fingerprint density at radius 2 is 1.75 bits per heavy atom. The van der Waals surface area contributed by atoms with Crippen LogP contribution in [-0.2, 0) is 10.0 Å². The zero-order chi connectivity index (χ0) is 20.3. The van der Waals surface area contributed by atoms with Crippen LogP contribution >= 0.6 is 15.9 Å². The molecule has 2 aromatic carbocycles. The standard InChI is InChI=1S/C19H20BrN3O4S/c1-13(14-4-6-15(7-5-14)23-9-8-21-12-23)22-28(24,25)19-11-18(27-3)17(26-2)10-16(19)20/h4-13,22H,1-3H3/t13-/m0/s1. The summed E-state index contributed by atoms with van der Waals surface area (Å²) in [4.78, 5) is 4.10. The third-order valence-corrected chi connectivity index (χ3v) is 6.75. The van der Waals surface area contributed by atoms with E-state index in [0.717, 1.165) is 11.3 Å². The monoisotopic (exact) mass is 465 g/mol. The zero-order valence-corrected chi connectivity index (χ0v) is 18.0. The van der Waals surface area contributed by atoms with Gasteiger partial charge in [0.1, 0.15) is 4.90 Å². The second-order valence-electron chi connectivity index (χ2n) is 6.04. The van der Waals surface area contributed by atoms with Crippen molar-refractivity contribution in [1.29, 1.82) is 0 Å². The van der Waals surface area contributed by atoms with Crippen LogP contribution in [0.2, 0.25) is 0 Å². The summed E-state index contributed by atoms with van der Waals surface area (Å²) in [6.07, 6.45) is 5.25.